The fraction of sp³-hybridized carbons (Fsp3) is 0.400. The zero-order valence-corrected chi connectivity index (χ0v) is 8.42. The van der Waals surface area contributed by atoms with Gasteiger partial charge in [0, 0.05) is 11.6 Å². The van der Waals surface area contributed by atoms with Crippen molar-refractivity contribution in [2.75, 3.05) is 7.11 Å². The van der Waals surface area contributed by atoms with Gasteiger partial charge in [0.2, 0.25) is 5.88 Å². The number of rotatable bonds is 3. The number of methoxy groups -OCH3 is 1. The van der Waals surface area contributed by atoms with Gasteiger partial charge in [0.15, 0.2) is 0 Å². The highest BCUT2D eigenvalue weighted by Crippen LogP contribution is 2.27. The Balaban J connectivity index is 3.28. The molecule has 0 unspecified atom stereocenters. The largest absolute Gasteiger partial charge is 0.481 e. The second kappa shape index (κ2) is 4.69. The van der Waals surface area contributed by atoms with Gasteiger partial charge in [0.1, 0.15) is 0 Å². The Morgan fingerprint density at radius 3 is 2.73 bits per heavy atom. The fourth-order valence-electron chi connectivity index (χ4n) is 1.24. The molecule has 0 aliphatic carbocycles. The van der Waals surface area contributed by atoms with Crippen molar-refractivity contribution in [2.24, 2.45) is 0 Å². The lowest BCUT2D eigenvalue weighted by molar-refractivity contribution is 0.150. The highest BCUT2D eigenvalue weighted by atomic mass is 19.3. The number of pyridine rings is 1. The van der Waals surface area contributed by atoms with Gasteiger partial charge in [0.05, 0.1) is 25.3 Å². The minimum atomic E-state index is -2.58. The van der Waals surface area contributed by atoms with Crippen LogP contribution in [0.1, 0.15) is 23.2 Å². The van der Waals surface area contributed by atoms with Crippen LogP contribution in [0, 0.1) is 18.3 Å². The van der Waals surface area contributed by atoms with E-state index in [0.717, 1.165) is 0 Å². The van der Waals surface area contributed by atoms with E-state index in [1.54, 1.807) is 0 Å². The van der Waals surface area contributed by atoms with Gasteiger partial charge < -0.3 is 4.74 Å². The van der Waals surface area contributed by atoms with Crippen LogP contribution in [0.4, 0.5) is 8.78 Å². The van der Waals surface area contributed by atoms with Crippen LogP contribution in [0.5, 0.6) is 5.88 Å². The molecule has 1 rings (SSSR count). The van der Waals surface area contributed by atoms with Gasteiger partial charge in [-0.1, -0.05) is 0 Å². The van der Waals surface area contributed by atoms with Crippen LogP contribution in [0.2, 0.25) is 0 Å². The van der Waals surface area contributed by atoms with E-state index in [4.69, 9.17) is 10.00 Å². The maximum Gasteiger partial charge on any atom is 0.264 e. The summed E-state index contributed by atoms with van der Waals surface area (Å²) in [5.74, 6) is 0.112. The molecule has 0 atom stereocenters. The molecule has 1 aromatic rings. The lowest BCUT2D eigenvalue weighted by atomic mass is 10.1. The number of halogens is 2. The molecule has 0 radical (unpaired) electrons. The standard InChI is InChI=1S/C10H10F2N2O/c1-6-7(10(11)12)5-9(15-2)14-8(6)3-4-13/h5,10H,3H2,1-2H3. The van der Waals surface area contributed by atoms with E-state index >= 15 is 0 Å². The number of hydrogen-bond acceptors (Lipinski definition) is 3. The Hall–Kier alpha value is -1.70. The van der Waals surface area contributed by atoms with E-state index in [9.17, 15) is 8.78 Å². The Labute approximate surface area is 86.3 Å². The average Bonchev–Trinajstić information content (AvgIpc) is 2.21. The second-order valence-electron chi connectivity index (χ2n) is 2.96. The van der Waals surface area contributed by atoms with Crippen molar-refractivity contribution < 1.29 is 13.5 Å². The van der Waals surface area contributed by atoms with Crippen LogP contribution in [0.3, 0.4) is 0 Å². The fourth-order valence-corrected chi connectivity index (χ4v) is 1.24. The van der Waals surface area contributed by atoms with E-state index < -0.39 is 6.43 Å². The van der Waals surface area contributed by atoms with Gasteiger partial charge in [-0.3, -0.25) is 0 Å². The minimum absolute atomic E-state index is 0.00273. The average molecular weight is 212 g/mol. The smallest absolute Gasteiger partial charge is 0.264 e. The van der Waals surface area contributed by atoms with Crippen LogP contribution in [0.15, 0.2) is 6.07 Å². The van der Waals surface area contributed by atoms with Crippen molar-refractivity contribution >= 4 is 0 Å². The molecule has 0 bridgehead atoms. The molecule has 0 saturated carbocycles. The first-order valence-corrected chi connectivity index (χ1v) is 4.29. The van der Waals surface area contributed by atoms with E-state index in [1.807, 2.05) is 6.07 Å². The zero-order chi connectivity index (χ0) is 11.4. The van der Waals surface area contributed by atoms with Crippen molar-refractivity contribution in [1.29, 1.82) is 5.26 Å². The number of nitrogens with zero attached hydrogens (tertiary/aromatic N) is 2. The van der Waals surface area contributed by atoms with Crippen molar-refractivity contribution in [3.63, 3.8) is 0 Å². The van der Waals surface area contributed by atoms with Crippen LogP contribution in [-0.4, -0.2) is 12.1 Å². The molecule has 5 heteroatoms. The molecular weight excluding hydrogens is 202 g/mol. The summed E-state index contributed by atoms with van der Waals surface area (Å²) in [7, 11) is 1.35. The first-order chi connectivity index (χ1) is 7.10. The van der Waals surface area contributed by atoms with Gasteiger partial charge in [0.25, 0.3) is 6.43 Å². The summed E-state index contributed by atoms with van der Waals surface area (Å²) in [5.41, 5.74) is 0.562. The van der Waals surface area contributed by atoms with E-state index in [0.29, 0.717) is 11.3 Å². The molecule has 0 saturated heterocycles. The second-order valence-corrected chi connectivity index (χ2v) is 2.96. The summed E-state index contributed by atoms with van der Waals surface area (Å²) in [4.78, 5) is 3.95. The van der Waals surface area contributed by atoms with E-state index in [-0.39, 0.29) is 17.9 Å². The lowest BCUT2D eigenvalue weighted by Crippen LogP contribution is -2.01. The number of aromatic nitrogens is 1. The summed E-state index contributed by atoms with van der Waals surface area (Å²) in [5, 5.41) is 8.52. The molecule has 1 aromatic heterocycles. The Kier molecular flexibility index (Phi) is 3.56. The number of hydrogen-bond donors (Lipinski definition) is 0. The number of alkyl halides is 2. The topological polar surface area (TPSA) is 45.9 Å². The maximum atomic E-state index is 12.6. The monoisotopic (exact) mass is 212 g/mol. The molecular formula is C10H10F2N2O. The summed E-state index contributed by atoms with van der Waals surface area (Å²) < 4.78 is 30.0. The third-order valence-electron chi connectivity index (χ3n) is 2.08. The van der Waals surface area contributed by atoms with Crippen LogP contribution >= 0.6 is 0 Å². The van der Waals surface area contributed by atoms with Gasteiger partial charge in [-0.05, 0) is 12.5 Å². The first-order valence-electron chi connectivity index (χ1n) is 4.29. The van der Waals surface area contributed by atoms with Crippen molar-refractivity contribution in [1.82, 2.24) is 4.98 Å². The van der Waals surface area contributed by atoms with Gasteiger partial charge in [-0.2, -0.15) is 5.26 Å². The Morgan fingerprint density at radius 1 is 1.60 bits per heavy atom. The Bertz CT molecular complexity index is 399. The molecule has 80 valence electrons. The first kappa shape index (κ1) is 11.4. The summed E-state index contributed by atoms with van der Waals surface area (Å²) in [6.07, 6.45) is -2.58. The molecule has 0 aliphatic rings. The predicted octanol–water partition coefficient (Wildman–Crippen LogP) is 2.40. The van der Waals surface area contributed by atoms with Gasteiger partial charge >= 0.3 is 0 Å². The molecule has 0 aliphatic heterocycles. The lowest BCUT2D eigenvalue weighted by Gasteiger charge is -2.10. The SMILES string of the molecule is COc1cc(C(F)F)c(C)c(CC#N)n1. The molecule has 3 nitrogen and oxygen atoms in total. The molecule has 15 heavy (non-hydrogen) atoms. The minimum Gasteiger partial charge on any atom is -0.481 e. The van der Waals surface area contributed by atoms with Crippen molar-refractivity contribution in [2.45, 2.75) is 19.8 Å². The van der Waals surface area contributed by atoms with E-state index in [1.165, 1.54) is 20.1 Å². The molecule has 0 fully saturated rings. The van der Waals surface area contributed by atoms with Crippen molar-refractivity contribution in [3.8, 4) is 11.9 Å². The van der Waals surface area contributed by atoms with E-state index in [2.05, 4.69) is 4.98 Å². The number of ether oxygens (including phenoxy) is 1. The zero-order valence-electron chi connectivity index (χ0n) is 8.42. The molecule has 1 heterocycles. The predicted molar refractivity (Wildman–Crippen MR) is 49.8 cm³/mol. The third-order valence-corrected chi connectivity index (χ3v) is 2.08. The van der Waals surface area contributed by atoms with Crippen molar-refractivity contribution in [3.05, 3.63) is 22.9 Å². The normalized spacial score (nSPS) is 10.1. The third kappa shape index (κ3) is 2.40. The molecule has 0 amide bonds. The molecule has 0 N–H and O–H groups in total. The maximum absolute atomic E-state index is 12.6. The molecule has 0 aromatic carbocycles. The van der Waals surface area contributed by atoms with Crippen LogP contribution < -0.4 is 4.74 Å². The van der Waals surface area contributed by atoms with Crippen LogP contribution in [-0.2, 0) is 6.42 Å². The highest BCUT2D eigenvalue weighted by Gasteiger charge is 2.16. The van der Waals surface area contributed by atoms with Gasteiger partial charge in [-0.25, -0.2) is 13.8 Å². The Morgan fingerprint density at radius 2 is 2.27 bits per heavy atom. The molecule has 0 spiro atoms. The highest BCUT2D eigenvalue weighted by molar-refractivity contribution is 5.36. The quantitative estimate of drug-likeness (QED) is 0.772. The number of nitriles is 1. The summed E-state index contributed by atoms with van der Waals surface area (Å²) in [6, 6.07) is 3.07. The summed E-state index contributed by atoms with van der Waals surface area (Å²) in [6.45, 7) is 1.53. The summed E-state index contributed by atoms with van der Waals surface area (Å²) >= 11 is 0. The van der Waals surface area contributed by atoms with Gasteiger partial charge in [-0.15, -0.1) is 0 Å². The van der Waals surface area contributed by atoms with Crippen LogP contribution in [0.25, 0.3) is 0 Å².